The number of thiocarbonyl (C=S) groups is 1. The Bertz CT molecular complexity index is 1510. The highest BCUT2D eigenvalue weighted by Gasteiger charge is 2.41. The smallest absolute Gasteiger partial charge is 0.338 e. The summed E-state index contributed by atoms with van der Waals surface area (Å²) in [5.74, 6) is -0.620. The molecule has 0 radical (unpaired) electrons. The van der Waals surface area contributed by atoms with Gasteiger partial charge < -0.3 is 9.15 Å². The maximum atomic E-state index is 13.6. The van der Waals surface area contributed by atoms with Crippen LogP contribution in [0.15, 0.2) is 107 Å². The lowest BCUT2D eigenvalue weighted by atomic mass is 10.1. The standard InChI is InChI=1S/C32H26N2O5S/c1-2-3-20-38-31(37)23-16-14-22(15-17-23)28-19-18-26(39-28)21-27-29(35)33(24-10-6-4-7-11-24)32(40)34(30(27)36)25-12-8-5-9-13-25/h4-19,21H,2-3,20H2,1H3. The van der Waals surface area contributed by atoms with E-state index in [1.54, 1.807) is 84.9 Å². The molecule has 1 aliphatic rings. The Balaban J connectivity index is 1.45. The molecule has 1 fully saturated rings. The van der Waals surface area contributed by atoms with Crippen LogP contribution in [0, 0.1) is 0 Å². The van der Waals surface area contributed by atoms with Crippen LogP contribution in [0.1, 0.15) is 35.9 Å². The van der Waals surface area contributed by atoms with Crippen molar-refractivity contribution in [1.29, 1.82) is 0 Å². The topological polar surface area (TPSA) is 80.1 Å². The van der Waals surface area contributed by atoms with Crippen LogP contribution >= 0.6 is 12.2 Å². The highest BCUT2D eigenvalue weighted by Crippen LogP contribution is 2.31. The van der Waals surface area contributed by atoms with Crippen LogP contribution < -0.4 is 9.80 Å². The Labute approximate surface area is 237 Å². The molecule has 3 aromatic carbocycles. The molecule has 4 aromatic rings. The van der Waals surface area contributed by atoms with Crippen molar-refractivity contribution in [2.75, 3.05) is 16.4 Å². The predicted octanol–water partition coefficient (Wildman–Crippen LogP) is 6.65. The number of furan rings is 1. The second-order valence-corrected chi connectivity index (χ2v) is 9.43. The first-order chi connectivity index (χ1) is 19.5. The molecule has 0 saturated carbocycles. The maximum Gasteiger partial charge on any atom is 0.338 e. The van der Waals surface area contributed by atoms with E-state index in [9.17, 15) is 14.4 Å². The van der Waals surface area contributed by atoms with Gasteiger partial charge in [0.2, 0.25) is 0 Å². The zero-order chi connectivity index (χ0) is 28.1. The monoisotopic (exact) mass is 550 g/mol. The lowest BCUT2D eigenvalue weighted by molar-refractivity contribution is -0.120. The van der Waals surface area contributed by atoms with Crippen LogP contribution in [0.2, 0.25) is 0 Å². The molecule has 2 amide bonds. The average molecular weight is 551 g/mol. The molecule has 0 N–H and O–H groups in total. The summed E-state index contributed by atoms with van der Waals surface area (Å²) in [5, 5.41) is 0.0676. The molecule has 200 valence electrons. The number of rotatable bonds is 8. The average Bonchev–Trinajstić information content (AvgIpc) is 3.45. The third-order valence-electron chi connectivity index (χ3n) is 6.33. The number of nitrogens with zero attached hydrogens (tertiary/aromatic N) is 2. The van der Waals surface area contributed by atoms with Crippen molar-refractivity contribution in [3.05, 3.63) is 114 Å². The molecule has 0 spiro atoms. The molecule has 7 nitrogen and oxygen atoms in total. The van der Waals surface area contributed by atoms with Crippen molar-refractivity contribution >= 4 is 52.6 Å². The van der Waals surface area contributed by atoms with Crippen LogP contribution in [0.4, 0.5) is 11.4 Å². The molecule has 0 unspecified atom stereocenters. The molecular formula is C32H26N2O5S. The number of anilines is 2. The second kappa shape index (κ2) is 11.9. The van der Waals surface area contributed by atoms with E-state index in [-0.39, 0.29) is 16.7 Å². The van der Waals surface area contributed by atoms with Gasteiger partial charge in [-0.2, -0.15) is 0 Å². The highest BCUT2D eigenvalue weighted by atomic mass is 32.1. The zero-order valence-corrected chi connectivity index (χ0v) is 22.6. The fourth-order valence-corrected chi connectivity index (χ4v) is 4.61. The molecule has 0 atom stereocenters. The number of esters is 1. The first kappa shape index (κ1) is 26.8. The lowest BCUT2D eigenvalue weighted by Crippen LogP contribution is -2.56. The van der Waals surface area contributed by atoms with Gasteiger partial charge in [-0.1, -0.05) is 61.9 Å². The van der Waals surface area contributed by atoms with Gasteiger partial charge in [-0.05, 0) is 73.2 Å². The van der Waals surface area contributed by atoms with Gasteiger partial charge >= 0.3 is 5.97 Å². The van der Waals surface area contributed by atoms with Crippen LogP contribution in [0.3, 0.4) is 0 Å². The van der Waals surface area contributed by atoms with Gasteiger partial charge in [-0.3, -0.25) is 19.4 Å². The van der Waals surface area contributed by atoms with Gasteiger partial charge in [0.25, 0.3) is 11.8 Å². The van der Waals surface area contributed by atoms with E-state index in [0.29, 0.717) is 35.1 Å². The minimum absolute atomic E-state index is 0.0676. The van der Waals surface area contributed by atoms with E-state index in [1.165, 1.54) is 15.9 Å². The normalized spacial score (nSPS) is 13.5. The van der Waals surface area contributed by atoms with Gasteiger partial charge in [-0.25, -0.2) is 4.79 Å². The number of unbranched alkanes of at least 4 members (excludes halogenated alkanes) is 1. The Morgan fingerprint density at radius 1 is 0.825 bits per heavy atom. The molecule has 8 heteroatoms. The van der Waals surface area contributed by atoms with Crippen molar-refractivity contribution in [1.82, 2.24) is 0 Å². The summed E-state index contributed by atoms with van der Waals surface area (Å²) in [6, 6.07) is 28.2. The summed E-state index contributed by atoms with van der Waals surface area (Å²) >= 11 is 5.64. The van der Waals surface area contributed by atoms with Crippen LogP contribution in [0.25, 0.3) is 17.4 Å². The van der Waals surface area contributed by atoms with E-state index >= 15 is 0 Å². The summed E-state index contributed by atoms with van der Waals surface area (Å²) in [7, 11) is 0. The summed E-state index contributed by atoms with van der Waals surface area (Å²) < 4.78 is 11.3. The third-order valence-corrected chi connectivity index (χ3v) is 6.69. The molecule has 0 bridgehead atoms. The molecule has 1 aliphatic heterocycles. The minimum Gasteiger partial charge on any atom is -0.462 e. The largest absolute Gasteiger partial charge is 0.462 e. The van der Waals surface area contributed by atoms with Crippen LogP contribution in [-0.4, -0.2) is 29.5 Å². The molecular weight excluding hydrogens is 524 g/mol. The Morgan fingerprint density at radius 3 is 1.95 bits per heavy atom. The van der Waals surface area contributed by atoms with E-state index in [2.05, 4.69) is 0 Å². The van der Waals surface area contributed by atoms with Crippen molar-refractivity contribution in [3.63, 3.8) is 0 Å². The summed E-state index contributed by atoms with van der Waals surface area (Å²) in [4.78, 5) is 42.2. The zero-order valence-electron chi connectivity index (χ0n) is 21.8. The predicted molar refractivity (Wildman–Crippen MR) is 158 cm³/mol. The Kier molecular flexibility index (Phi) is 7.98. The number of benzene rings is 3. The van der Waals surface area contributed by atoms with Crippen molar-refractivity contribution in [2.45, 2.75) is 19.8 Å². The molecule has 2 heterocycles. The summed E-state index contributed by atoms with van der Waals surface area (Å²) in [5.41, 5.74) is 2.18. The molecule has 1 saturated heterocycles. The van der Waals surface area contributed by atoms with Gasteiger partial charge in [0.05, 0.1) is 23.5 Å². The van der Waals surface area contributed by atoms with Gasteiger partial charge in [0.15, 0.2) is 5.11 Å². The maximum absolute atomic E-state index is 13.6. The number of hydrogen-bond acceptors (Lipinski definition) is 6. The Hall–Kier alpha value is -4.82. The van der Waals surface area contributed by atoms with Gasteiger partial charge in [-0.15, -0.1) is 0 Å². The van der Waals surface area contributed by atoms with E-state index in [4.69, 9.17) is 21.4 Å². The molecule has 0 aliphatic carbocycles. The molecule has 40 heavy (non-hydrogen) atoms. The number of amides is 2. The number of carbonyl (C=O) groups excluding carboxylic acids is 3. The SMILES string of the molecule is CCCCOC(=O)c1ccc(-c2ccc(C=C3C(=O)N(c4ccccc4)C(=S)N(c4ccccc4)C3=O)o2)cc1. The number of ether oxygens (including phenoxy) is 1. The van der Waals surface area contributed by atoms with Crippen LogP contribution in [0.5, 0.6) is 0 Å². The first-order valence-corrected chi connectivity index (χ1v) is 13.3. The second-order valence-electron chi connectivity index (χ2n) is 9.06. The molecule has 5 rings (SSSR count). The fraction of sp³-hybridized carbons (Fsp3) is 0.125. The summed E-state index contributed by atoms with van der Waals surface area (Å²) in [6.07, 6.45) is 3.19. The number of hydrogen-bond donors (Lipinski definition) is 0. The Morgan fingerprint density at radius 2 is 1.40 bits per heavy atom. The van der Waals surface area contributed by atoms with E-state index in [1.807, 2.05) is 19.1 Å². The minimum atomic E-state index is -0.544. The van der Waals surface area contributed by atoms with Crippen molar-refractivity contribution in [3.8, 4) is 11.3 Å². The van der Waals surface area contributed by atoms with Crippen molar-refractivity contribution in [2.24, 2.45) is 0 Å². The van der Waals surface area contributed by atoms with E-state index in [0.717, 1.165) is 18.4 Å². The molecule has 1 aromatic heterocycles. The van der Waals surface area contributed by atoms with Gasteiger partial charge in [0, 0.05) is 5.56 Å². The summed E-state index contributed by atoms with van der Waals surface area (Å²) in [6.45, 7) is 2.42. The third kappa shape index (κ3) is 5.48. The van der Waals surface area contributed by atoms with E-state index < -0.39 is 11.8 Å². The van der Waals surface area contributed by atoms with Gasteiger partial charge in [0.1, 0.15) is 17.1 Å². The fourth-order valence-electron chi connectivity index (χ4n) is 4.23. The quantitative estimate of drug-likeness (QED) is 0.0803. The highest BCUT2D eigenvalue weighted by molar-refractivity contribution is 7.81. The first-order valence-electron chi connectivity index (χ1n) is 12.9. The lowest BCUT2D eigenvalue weighted by Gasteiger charge is -2.36. The van der Waals surface area contributed by atoms with Crippen molar-refractivity contribution < 1.29 is 23.5 Å². The number of para-hydroxylation sites is 2. The number of carbonyl (C=O) groups is 3. The van der Waals surface area contributed by atoms with Crippen LogP contribution in [-0.2, 0) is 14.3 Å².